The fourth-order valence-corrected chi connectivity index (χ4v) is 1.93. The largest absolute Gasteiger partial charge is 0.408 e. The molecule has 0 aliphatic carbocycles. The summed E-state index contributed by atoms with van der Waals surface area (Å²) < 4.78 is 37.8. The first kappa shape index (κ1) is 12.2. The third-order valence-corrected chi connectivity index (χ3v) is 3.00. The molecule has 1 aromatic heterocycles. The predicted molar refractivity (Wildman–Crippen MR) is 60.1 cm³/mol. The van der Waals surface area contributed by atoms with Crippen LogP contribution in [0.5, 0.6) is 0 Å². The highest BCUT2D eigenvalue weighted by atomic mass is 19.4. The lowest BCUT2D eigenvalue weighted by Gasteiger charge is -2.28. The van der Waals surface area contributed by atoms with Gasteiger partial charge in [-0.1, -0.05) is 19.9 Å². The van der Waals surface area contributed by atoms with Gasteiger partial charge in [0, 0.05) is 5.69 Å². The summed E-state index contributed by atoms with van der Waals surface area (Å²) >= 11 is 0. The molecule has 0 radical (unpaired) electrons. The van der Waals surface area contributed by atoms with E-state index in [1.807, 2.05) is 26.0 Å². The monoisotopic (exact) mass is 244 g/mol. The number of rotatable bonds is 1. The number of pyridine rings is 1. The molecule has 0 saturated heterocycles. The first-order valence-corrected chi connectivity index (χ1v) is 5.71. The fourth-order valence-electron chi connectivity index (χ4n) is 1.93. The molecule has 5 heteroatoms. The zero-order valence-corrected chi connectivity index (χ0v) is 9.80. The highest BCUT2D eigenvalue weighted by Gasteiger charge is 2.41. The molecule has 0 fully saturated rings. The minimum atomic E-state index is -4.20. The van der Waals surface area contributed by atoms with Crippen molar-refractivity contribution in [1.82, 2.24) is 4.98 Å². The second-order valence-corrected chi connectivity index (χ2v) is 4.68. The van der Waals surface area contributed by atoms with Crippen molar-refractivity contribution < 1.29 is 13.2 Å². The van der Waals surface area contributed by atoms with Crippen LogP contribution in [0.4, 0.5) is 19.0 Å². The number of fused-ring (bicyclic) bond motifs is 1. The third kappa shape index (κ3) is 2.53. The normalized spacial score (nSPS) is 20.0. The van der Waals surface area contributed by atoms with Crippen LogP contribution in [0, 0.1) is 0 Å². The summed E-state index contributed by atoms with van der Waals surface area (Å²) in [5, 5.41) is 2.50. The van der Waals surface area contributed by atoms with Crippen LogP contribution >= 0.6 is 0 Å². The summed E-state index contributed by atoms with van der Waals surface area (Å²) in [6.07, 6.45) is -3.69. The van der Waals surface area contributed by atoms with Crippen LogP contribution in [0.1, 0.15) is 37.4 Å². The van der Waals surface area contributed by atoms with Crippen LogP contribution in [-0.2, 0) is 6.42 Å². The molecule has 1 aromatic rings. The molecule has 17 heavy (non-hydrogen) atoms. The lowest BCUT2D eigenvalue weighted by molar-refractivity contribution is -0.144. The molecule has 1 aliphatic heterocycles. The quantitative estimate of drug-likeness (QED) is 0.817. The minimum absolute atomic E-state index is 0.0825. The molecular formula is C12H15F3N2. The fraction of sp³-hybridized carbons (Fsp3) is 0.583. The molecule has 0 spiro atoms. The van der Waals surface area contributed by atoms with Gasteiger partial charge < -0.3 is 5.32 Å². The molecule has 2 heterocycles. The van der Waals surface area contributed by atoms with Gasteiger partial charge in [-0.3, -0.25) is 0 Å². The zero-order chi connectivity index (χ0) is 12.6. The Morgan fingerprint density at radius 3 is 2.65 bits per heavy atom. The topological polar surface area (TPSA) is 24.9 Å². The van der Waals surface area contributed by atoms with E-state index in [1.165, 1.54) is 0 Å². The number of aromatic nitrogens is 1. The molecule has 1 atom stereocenters. The Morgan fingerprint density at radius 2 is 2.06 bits per heavy atom. The van der Waals surface area contributed by atoms with Gasteiger partial charge in [0.2, 0.25) is 0 Å². The summed E-state index contributed by atoms with van der Waals surface area (Å²) in [5.41, 5.74) is 1.69. The highest BCUT2D eigenvalue weighted by molar-refractivity contribution is 5.48. The SMILES string of the molecule is CC(C)c1ccc2c(n1)N[C@@H](C(F)(F)F)CC2. The summed E-state index contributed by atoms with van der Waals surface area (Å²) in [7, 11) is 0. The average molecular weight is 244 g/mol. The van der Waals surface area contributed by atoms with Gasteiger partial charge in [-0.15, -0.1) is 0 Å². The second kappa shape index (κ2) is 4.20. The molecule has 2 nitrogen and oxygen atoms in total. The van der Waals surface area contributed by atoms with Crippen molar-refractivity contribution in [2.24, 2.45) is 0 Å². The van der Waals surface area contributed by atoms with Crippen LogP contribution in [0.15, 0.2) is 12.1 Å². The highest BCUT2D eigenvalue weighted by Crippen LogP contribution is 2.32. The van der Waals surface area contributed by atoms with E-state index in [-0.39, 0.29) is 12.3 Å². The number of anilines is 1. The lowest BCUT2D eigenvalue weighted by Crippen LogP contribution is -2.39. The Balaban J connectivity index is 2.27. The maximum Gasteiger partial charge on any atom is 0.408 e. The van der Waals surface area contributed by atoms with E-state index in [2.05, 4.69) is 10.3 Å². The molecule has 1 N–H and O–H groups in total. The van der Waals surface area contributed by atoms with Crippen molar-refractivity contribution in [2.75, 3.05) is 5.32 Å². The van der Waals surface area contributed by atoms with Crippen LogP contribution in [-0.4, -0.2) is 17.2 Å². The van der Waals surface area contributed by atoms with Crippen molar-refractivity contribution >= 4 is 5.82 Å². The lowest BCUT2D eigenvalue weighted by atomic mass is 9.99. The Morgan fingerprint density at radius 1 is 1.35 bits per heavy atom. The Kier molecular flexibility index (Phi) is 3.02. The van der Waals surface area contributed by atoms with Crippen LogP contribution in [0.3, 0.4) is 0 Å². The van der Waals surface area contributed by atoms with Gasteiger partial charge >= 0.3 is 6.18 Å². The van der Waals surface area contributed by atoms with Gasteiger partial charge in [-0.25, -0.2) is 4.98 Å². The Bertz CT molecular complexity index is 413. The maximum absolute atomic E-state index is 12.6. The molecule has 0 unspecified atom stereocenters. The van der Waals surface area contributed by atoms with E-state index in [0.717, 1.165) is 11.3 Å². The van der Waals surface area contributed by atoms with E-state index < -0.39 is 12.2 Å². The van der Waals surface area contributed by atoms with Crippen LogP contribution in [0.25, 0.3) is 0 Å². The second-order valence-electron chi connectivity index (χ2n) is 4.68. The Labute approximate surface area is 98.2 Å². The molecule has 0 bridgehead atoms. The predicted octanol–water partition coefficient (Wildman–Crippen LogP) is 3.49. The average Bonchev–Trinajstić information content (AvgIpc) is 2.26. The minimum Gasteiger partial charge on any atom is -0.358 e. The summed E-state index contributed by atoms with van der Waals surface area (Å²) in [4.78, 5) is 4.27. The summed E-state index contributed by atoms with van der Waals surface area (Å²) in [6.45, 7) is 3.94. The number of aryl methyl sites for hydroxylation is 1. The van der Waals surface area contributed by atoms with E-state index in [4.69, 9.17) is 0 Å². The smallest absolute Gasteiger partial charge is 0.358 e. The molecular weight excluding hydrogens is 229 g/mol. The van der Waals surface area contributed by atoms with Gasteiger partial charge in [-0.05, 0) is 30.4 Å². The van der Waals surface area contributed by atoms with Gasteiger partial charge in [0.25, 0.3) is 0 Å². The van der Waals surface area contributed by atoms with E-state index in [0.29, 0.717) is 12.2 Å². The van der Waals surface area contributed by atoms with E-state index >= 15 is 0 Å². The maximum atomic E-state index is 12.6. The van der Waals surface area contributed by atoms with Crippen molar-refractivity contribution in [3.8, 4) is 0 Å². The van der Waals surface area contributed by atoms with Gasteiger partial charge in [0.05, 0.1) is 0 Å². The first-order chi connectivity index (χ1) is 7.88. The van der Waals surface area contributed by atoms with Crippen molar-refractivity contribution in [3.05, 3.63) is 23.4 Å². The van der Waals surface area contributed by atoms with Gasteiger partial charge in [0.1, 0.15) is 11.9 Å². The van der Waals surface area contributed by atoms with Crippen molar-refractivity contribution in [3.63, 3.8) is 0 Å². The van der Waals surface area contributed by atoms with Crippen molar-refractivity contribution in [1.29, 1.82) is 0 Å². The van der Waals surface area contributed by atoms with Gasteiger partial charge in [0.15, 0.2) is 0 Å². The summed E-state index contributed by atoms with van der Waals surface area (Å²) in [5.74, 6) is 0.609. The van der Waals surface area contributed by atoms with Gasteiger partial charge in [-0.2, -0.15) is 13.2 Å². The first-order valence-electron chi connectivity index (χ1n) is 5.71. The zero-order valence-electron chi connectivity index (χ0n) is 9.80. The number of hydrogen-bond donors (Lipinski definition) is 1. The molecule has 1 aliphatic rings. The van der Waals surface area contributed by atoms with Crippen LogP contribution < -0.4 is 5.32 Å². The number of nitrogens with one attached hydrogen (secondary N) is 1. The number of halogens is 3. The molecule has 2 rings (SSSR count). The standard InChI is InChI=1S/C12H15F3N2/c1-7(2)9-5-3-8-4-6-10(12(13,14)15)17-11(8)16-9/h3,5,7,10H,4,6H2,1-2H3,(H,16,17)/t10-/m1/s1. The third-order valence-electron chi connectivity index (χ3n) is 3.00. The number of alkyl halides is 3. The molecule has 0 saturated carbocycles. The molecule has 0 aromatic carbocycles. The Hall–Kier alpha value is -1.26. The van der Waals surface area contributed by atoms with Crippen molar-refractivity contribution in [2.45, 2.75) is 44.8 Å². The number of nitrogens with zero attached hydrogens (tertiary/aromatic N) is 1. The van der Waals surface area contributed by atoms with Crippen LogP contribution in [0.2, 0.25) is 0 Å². The van der Waals surface area contributed by atoms with E-state index in [9.17, 15) is 13.2 Å². The molecule has 0 amide bonds. The molecule has 94 valence electrons. The number of hydrogen-bond acceptors (Lipinski definition) is 2. The van der Waals surface area contributed by atoms with E-state index in [1.54, 1.807) is 0 Å². The summed E-state index contributed by atoms with van der Waals surface area (Å²) in [6, 6.07) is 2.29.